The summed E-state index contributed by atoms with van der Waals surface area (Å²) in [6, 6.07) is 8.21. The standard InChI is InChI=1S/C21H24BrN3O/c1-3-5-13-6-8-18-15(10-13)20(17(12-23)21(24)25-18)16-11-14(22)7-9-19(16)26-4-2/h7,9,11,13H,3-6,8,10H2,1-2H3,(H2,24,25). The second-order valence-corrected chi connectivity index (χ2v) is 7.67. The van der Waals surface area contributed by atoms with E-state index in [1.165, 1.54) is 18.4 Å². The highest BCUT2D eigenvalue weighted by atomic mass is 79.9. The Morgan fingerprint density at radius 3 is 2.88 bits per heavy atom. The zero-order valence-electron chi connectivity index (χ0n) is 15.3. The van der Waals surface area contributed by atoms with Crippen LogP contribution in [-0.4, -0.2) is 11.6 Å². The molecule has 1 unspecified atom stereocenters. The number of ether oxygens (including phenoxy) is 1. The van der Waals surface area contributed by atoms with Crippen LogP contribution in [0.1, 0.15) is 49.9 Å². The van der Waals surface area contributed by atoms with Crippen LogP contribution in [0.15, 0.2) is 22.7 Å². The lowest BCUT2D eigenvalue weighted by atomic mass is 9.79. The molecule has 1 aromatic heterocycles. The average molecular weight is 414 g/mol. The Morgan fingerprint density at radius 1 is 1.38 bits per heavy atom. The SMILES string of the molecule is CCCC1CCc2nc(N)c(C#N)c(-c3cc(Br)ccc3OCC)c2C1. The number of fused-ring (bicyclic) bond motifs is 1. The molecule has 1 heterocycles. The average Bonchev–Trinajstić information content (AvgIpc) is 2.63. The second-order valence-electron chi connectivity index (χ2n) is 6.76. The smallest absolute Gasteiger partial charge is 0.142 e. The van der Waals surface area contributed by atoms with Crippen molar-refractivity contribution in [3.05, 3.63) is 39.5 Å². The minimum atomic E-state index is 0.317. The number of nitrogens with two attached hydrogens (primary N) is 1. The Bertz CT molecular complexity index is 857. The summed E-state index contributed by atoms with van der Waals surface area (Å²) in [6.07, 6.45) is 5.36. The first kappa shape index (κ1) is 18.7. The lowest BCUT2D eigenvalue weighted by molar-refractivity contribution is 0.341. The minimum Gasteiger partial charge on any atom is -0.493 e. The molecule has 0 aliphatic heterocycles. The van der Waals surface area contributed by atoms with Gasteiger partial charge in [-0.2, -0.15) is 5.26 Å². The first-order valence-corrected chi connectivity index (χ1v) is 10.0. The van der Waals surface area contributed by atoms with Gasteiger partial charge in [0.1, 0.15) is 23.2 Å². The van der Waals surface area contributed by atoms with Crippen molar-refractivity contribution in [1.82, 2.24) is 4.98 Å². The van der Waals surface area contributed by atoms with Gasteiger partial charge in [-0.1, -0.05) is 35.7 Å². The van der Waals surface area contributed by atoms with Crippen molar-refractivity contribution in [2.24, 2.45) is 5.92 Å². The molecule has 0 amide bonds. The third kappa shape index (κ3) is 3.57. The number of nitrogen functional groups attached to an aromatic ring is 1. The molecule has 1 aliphatic rings. The summed E-state index contributed by atoms with van der Waals surface area (Å²) in [5.74, 6) is 1.72. The van der Waals surface area contributed by atoms with E-state index in [4.69, 9.17) is 10.5 Å². The van der Waals surface area contributed by atoms with Crippen LogP contribution in [0.2, 0.25) is 0 Å². The molecule has 1 aliphatic carbocycles. The van der Waals surface area contributed by atoms with Crippen LogP contribution < -0.4 is 10.5 Å². The van der Waals surface area contributed by atoms with Crippen molar-refractivity contribution >= 4 is 21.7 Å². The fourth-order valence-electron chi connectivity index (χ4n) is 3.89. The van der Waals surface area contributed by atoms with Gasteiger partial charge in [0, 0.05) is 21.3 Å². The molecule has 2 aromatic rings. The van der Waals surface area contributed by atoms with E-state index in [1.54, 1.807) is 0 Å². The van der Waals surface area contributed by atoms with Crippen molar-refractivity contribution in [3.8, 4) is 22.9 Å². The van der Waals surface area contributed by atoms with Crippen LogP contribution in [0.4, 0.5) is 5.82 Å². The highest BCUT2D eigenvalue weighted by Gasteiger charge is 2.27. The molecule has 0 saturated carbocycles. The van der Waals surface area contributed by atoms with Crippen LogP contribution in [0.25, 0.3) is 11.1 Å². The van der Waals surface area contributed by atoms with Gasteiger partial charge >= 0.3 is 0 Å². The Hall–Kier alpha value is -2.06. The number of aromatic nitrogens is 1. The number of anilines is 1. The van der Waals surface area contributed by atoms with E-state index >= 15 is 0 Å². The summed E-state index contributed by atoms with van der Waals surface area (Å²) >= 11 is 3.56. The van der Waals surface area contributed by atoms with Gasteiger partial charge in [0.05, 0.1) is 6.61 Å². The molecule has 1 atom stereocenters. The Morgan fingerprint density at radius 2 is 2.19 bits per heavy atom. The van der Waals surface area contributed by atoms with Crippen LogP contribution >= 0.6 is 15.9 Å². The number of hydrogen-bond acceptors (Lipinski definition) is 4. The van der Waals surface area contributed by atoms with Gasteiger partial charge in [-0.3, -0.25) is 0 Å². The number of rotatable bonds is 5. The summed E-state index contributed by atoms with van der Waals surface area (Å²) in [6.45, 7) is 4.75. The monoisotopic (exact) mass is 413 g/mol. The second kappa shape index (κ2) is 8.09. The van der Waals surface area contributed by atoms with E-state index in [1.807, 2.05) is 25.1 Å². The van der Waals surface area contributed by atoms with E-state index in [0.29, 0.717) is 23.9 Å². The van der Waals surface area contributed by atoms with Crippen molar-refractivity contribution < 1.29 is 4.74 Å². The largest absolute Gasteiger partial charge is 0.493 e. The van der Waals surface area contributed by atoms with E-state index in [2.05, 4.69) is 33.9 Å². The van der Waals surface area contributed by atoms with Gasteiger partial charge < -0.3 is 10.5 Å². The van der Waals surface area contributed by atoms with E-state index in [0.717, 1.165) is 46.3 Å². The topological polar surface area (TPSA) is 71.9 Å². The number of hydrogen-bond donors (Lipinski definition) is 1. The first-order valence-electron chi connectivity index (χ1n) is 9.23. The Kier molecular flexibility index (Phi) is 5.83. The van der Waals surface area contributed by atoms with Gasteiger partial charge in [0.2, 0.25) is 0 Å². The molecular formula is C21H24BrN3O. The third-order valence-corrected chi connectivity index (χ3v) is 5.51. The summed E-state index contributed by atoms with van der Waals surface area (Å²) in [4.78, 5) is 4.57. The molecule has 3 rings (SSSR count). The van der Waals surface area contributed by atoms with E-state index in [9.17, 15) is 5.26 Å². The Labute approximate surface area is 163 Å². The van der Waals surface area contributed by atoms with Gasteiger partial charge in [-0.25, -0.2) is 4.98 Å². The highest BCUT2D eigenvalue weighted by Crippen LogP contribution is 2.42. The fourth-order valence-corrected chi connectivity index (χ4v) is 4.26. The van der Waals surface area contributed by atoms with E-state index < -0.39 is 0 Å². The van der Waals surface area contributed by atoms with Crippen LogP contribution in [0.5, 0.6) is 5.75 Å². The minimum absolute atomic E-state index is 0.317. The van der Waals surface area contributed by atoms with E-state index in [-0.39, 0.29) is 0 Å². The number of nitrogens with zero attached hydrogens (tertiary/aromatic N) is 2. The summed E-state index contributed by atoms with van der Waals surface area (Å²) in [7, 11) is 0. The third-order valence-electron chi connectivity index (χ3n) is 5.01. The molecule has 4 nitrogen and oxygen atoms in total. The molecule has 26 heavy (non-hydrogen) atoms. The van der Waals surface area contributed by atoms with Crippen molar-refractivity contribution in [1.29, 1.82) is 5.26 Å². The normalized spacial score (nSPS) is 16.0. The molecule has 0 bridgehead atoms. The predicted molar refractivity (Wildman–Crippen MR) is 108 cm³/mol. The molecule has 0 radical (unpaired) electrons. The zero-order valence-corrected chi connectivity index (χ0v) is 16.9. The quantitative estimate of drug-likeness (QED) is 0.724. The van der Waals surface area contributed by atoms with Gasteiger partial charge in [0.25, 0.3) is 0 Å². The molecule has 136 valence electrons. The number of pyridine rings is 1. The van der Waals surface area contributed by atoms with Crippen LogP contribution in [0, 0.1) is 17.2 Å². The van der Waals surface area contributed by atoms with Gasteiger partial charge in [0.15, 0.2) is 0 Å². The first-order chi connectivity index (χ1) is 12.6. The molecule has 5 heteroatoms. The number of nitriles is 1. The van der Waals surface area contributed by atoms with Crippen molar-refractivity contribution in [3.63, 3.8) is 0 Å². The fraction of sp³-hybridized carbons (Fsp3) is 0.429. The molecule has 0 fully saturated rings. The van der Waals surface area contributed by atoms with Crippen molar-refractivity contribution in [2.75, 3.05) is 12.3 Å². The summed E-state index contributed by atoms with van der Waals surface area (Å²) in [5, 5.41) is 9.80. The van der Waals surface area contributed by atoms with Crippen LogP contribution in [-0.2, 0) is 12.8 Å². The summed E-state index contributed by atoms with van der Waals surface area (Å²) < 4.78 is 6.81. The molecule has 0 saturated heterocycles. The maximum atomic E-state index is 9.80. The maximum Gasteiger partial charge on any atom is 0.142 e. The highest BCUT2D eigenvalue weighted by molar-refractivity contribution is 9.10. The number of halogens is 1. The van der Waals surface area contributed by atoms with Crippen molar-refractivity contribution in [2.45, 2.75) is 46.0 Å². The predicted octanol–water partition coefficient (Wildman–Crippen LogP) is 5.27. The summed E-state index contributed by atoms with van der Waals surface area (Å²) in [5.41, 5.74) is 10.6. The maximum absolute atomic E-state index is 9.80. The Balaban J connectivity index is 2.25. The molecule has 0 spiro atoms. The molecule has 2 N–H and O–H groups in total. The van der Waals surface area contributed by atoms with Crippen LogP contribution in [0.3, 0.4) is 0 Å². The molecule has 1 aromatic carbocycles. The van der Waals surface area contributed by atoms with Gasteiger partial charge in [-0.15, -0.1) is 0 Å². The number of benzene rings is 1. The van der Waals surface area contributed by atoms with Gasteiger partial charge in [-0.05, 0) is 55.9 Å². The zero-order chi connectivity index (χ0) is 18.7. The number of aryl methyl sites for hydroxylation is 1. The lowest BCUT2D eigenvalue weighted by Gasteiger charge is -2.27. The molecular weight excluding hydrogens is 390 g/mol. The lowest BCUT2D eigenvalue weighted by Crippen LogP contribution is -2.18.